The molecule has 1 aliphatic carbocycles. The zero-order chi connectivity index (χ0) is 17.2. The van der Waals surface area contributed by atoms with Crippen LogP contribution in [0.5, 0.6) is 0 Å². The van der Waals surface area contributed by atoms with Gasteiger partial charge in [-0.1, -0.05) is 37.3 Å². The third-order valence-electron chi connectivity index (χ3n) is 5.07. The van der Waals surface area contributed by atoms with Gasteiger partial charge >= 0.3 is 0 Å². The van der Waals surface area contributed by atoms with Crippen LogP contribution in [0.3, 0.4) is 0 Å². The van der Waals surface area contributed by atoms with Gasteiger partial charge in [0.2, 0.25) is 0 Å². The molecule has 2 aromatic heterocycles. The van der Waals surface area contributed by atoms with Crippen molar-refractivity contribution in [1.82, 2.24) is 14.9 Å². The number of anilines is 1. The minimum absolute atomic E-state index is 0.596. The molecule has 0 aromatic carbocycles. The first-order valence-corrected chi connectivity index (χ1v) is 11.1. The van der Waals surface area contributed by atoms with E-state index < -0.39 is 0 Å². The summed E-state index contributed by atoms with van der Waals surface area (Å²) in [5.74, 6) is 2.29. The Labute approximate surface area is 157 Å². The molecular weight excluding hydrogens is 348 g/mol. The molecule has 6 heteroatoms. The Balaban J connectivity index is 1.42. The second kappa shape index (κ2) is 7.64. The molecule has 0 saturated carbocycles. The first kappa shape index (κ1) is 17.3. The van der Waals surface area contributed by atoms with E-state index in [1.165, 1.54) is 55.8 Å². The van der Waals surface area contributed by atoms with Gasteiger partial charge in [0.25, 0.3) is 0 Å². The summed E-state index contributed by atoms with van der Waals surface area (Å²) in [6.07, 6.45) is 10.9. The van der Waals surface area contributed by atoms with Crippen LogP contribution in [-0.4, -0.2) is 40.3 Å². The Morgan fingerprint density at radius 3 is 2.96 bits per heavy atom. The smallest absolute Gasteiger partial charge is 0.190 e. The fourth-order valence-electron chi connectivity index (χ4n) is 3.72. The van der Waals surface area contributed by atoms with Gasteiger partial charge in [0.05, 0.1) is 5.39 Å². The summed E-state index contributed by atoms with van der Waals surface area (Å²) in [6.45, 7) is 5.99. The number of nitrogens with two attached hydrogens (primary N) is 1. The maximum absolute atomic E-state index is 6.28. The van der Waals surface area contributed by atoms with Crippen LogP contribution in [0.4, 0.5) is 5.82 Å². The summed E-state index contributed by atoms with van der Waals surface area (Å²) in [5, 5.41) is 1.89. The molecule has 134 valence electrons. The van der Waals surface area contributed by atoms with E-state index in [0.29, 0.717) is 11.7 Å². The molecule has 1 atom stereocenters. The lowest BCUT2D eigenvalue weighted by Gasteiger charge is -2.26. The number of fused-ring (bicyclic) bond motifs is 3. The molecule has 2 aromatic rings. The van der Waals surface area contributed by atoms with Gasteiger partial charge in [0, 0.05) is 16.2 Å². The van der Waals surface area contributed by atoms with E-state index in [-0.39, 0.29) is 0 Å². The summed E-state index contributed by atoms with van der Waals surface area (Å²) in [4.78, 5) is 14.4. The Kier molecular flexibility index (Phi) is 5.29. The second-order valence-electron chi connectivity index (χ2n) is 7.16. The van der Waals surface area contributed by atoms with Crippen LogP contribution in [0.1, 0.15) is 43.0 Å². The van der Waals surface area contributed by atoms with Crippen molar-refractivity contribution in [3.8, 4) is 0 Å². The van der Waals surface area contributed by atoms with Crippen molar-refractivity contribution in [3.63, 3.8) is 0 Å². The Morgan fingerprint density at radius 1 is 1.28 bits per heavy atom. The Hall–Kier alpha value is -1.11. The summed E-state index contributed by atoms with van der Waals surface area (Å²) in [6, 6.07) is 0. The number of thioether (sulfide) groups is 1. The summed E-state index contributed by atoms with van der Waals surface area (Å²) < 4.78 is 0. The van der Waals surface area contributed by atoms with Gasteiger partial charge in [-0.15, -0.1) is 11.3 Å². The number of aromatic nitrogens is 2. The molecule has 25 heavy (non-hydrogen) atoms. The topological polar surface area (TPSA) is 55.0 Å². The van der Waals surface area contributed by atoms with Gasteiger partial charge in [-0.25, -0.2) is 9.97 Å². The average Bonchev–Trinajstić information content (AvgIpc) is 2.97. The fourth-order valence-corrected chi connectivity index (χ4v) is 5.86. The molecule has 0 spiro atoms. The molecule has 4 rings (SSSR count). The minimum atomic E-state index is 0.596. The number of hydrogen-bond acceptors (Lipinski definition) is 6. The summed E-state index contributed by atoms with van der Waals surface area (Å²) in [7, 11) is 0. The number of rotatable bonds is 5. The molecule has 4 nitrogen and oxygen atoms in total. The maximum atomic E-state index is 6.28. The molecule has 3 heterocycles. The lowest BCUT2D eigenvalue weighted by atomic mass is 9.96. The van der Waals surface area contributed by atoms with Crippen LogP contribution in [0.15, 0.2) is 11.2 Å². The minimum Gasteiger partial charge on any atom is -0.383 e. The molecule has 2 aliphatic rings. The van der Waals surface area contributed by atoms with Crippen molar-refractivity contribution in [2.24, 2.45) is 5.92 Å². The third kappa shape index (κ3) is 3.86. The van der Waals surface area contributed by atoms with E-state index >= 15 is 0 Å². The zero-order valence-electron chi connectivity index (χ0n) is 14.8. The van der Waals surface area contributed by atoms with E-state index in [1.807, 2.05) is 0 Å². The number of piperidine rings is 1. The van der Waals surface area contributed by atoms with Crippen molar-refractivity contribution >= 4 is 45.2 Å². The lowest BCUT2D eigenvalue weighted by Crippen LogP contribution is -2.30. The molecule has 0 radical (unpaired) electrons. The lowest BCUT2D eigenvalue weighted by molar-refractivity contribution is 0.230. The van der Waals surface area contributed by atoms with Crippen LogP contribution in [-0.2, 0) is 6.42 Å². The van der Waals surface area contributed by atoms with Crippen molar-refractivity contribution in [2.45, 2.75) is 44.2 Å². The normalized spacial score (nSPS) is 20.9. The van der Waals surface area contributed by atoms with Gasteiger partial charge in [-0.3, -0.25) is 0 Å². The molecule has 0 unspecified atom stereocenters. The number of nitrogens with zero attached hydrogens (tertiary/aromatic N) is 3. The largest absolute Gasteiger partial charge is 0.383 e. The quantitative estimate of drug-likeness (QED) is 0.476. The molecule has 1 aliphatic heterocycles. The highest BCUT2D eigenvalue weighted by Gasteiger charge is 2.20. The maximum Gasteiger partial charge on any atom is 0.190 e. The highest BCUT2D eigenvalue weighted by atomic mass is 32.2. The van der Waals surface area contributed by atoms with Gasteiger partial charge in [-0.05, 0) is 51.2 Å². The summed E-state index contributed by atoms with van der Waals surface area (Å²) >= 11 is 3.53. The third-order valence-corrected chi connectivity index (χ3v) is 7.13. The standard InChI is InChI=1S/C19H26N4S2/c1-13-6-7-14-15(12-13)25-18-16(14)17(20)21-19(22-18)24-11-5-10-23-8-3-2-4-9-23/h6-7,13H,2-5,8-12H2,1H3,(H2,20,21,22)/t13-/m1/s1. The van der Waals surface area contributed by atoms with E-state index in [9.17, 15) is 0 Å². The van der Waals surface area contributed by atoms with Crippen molar-refractivity contribution in [1.29, 1.82) is 0 Å². The van der Waals surface area contributed by atoms with Gasteiger partial charge in [0.15, 0.2) is 5.16 Å². The zero-order valence-corrected chi connectivity index (χ0v) is 16.5. The summed E-state index contributed by atoms with van der Waals surface area (Å²) in [5.41, 5.74) is 7.53. The average molecular weight is 375 g/mol. The number of allylic oxidation sites excluding steroid dienone is 1. The molecule has 2 N–H and O–H groups in total. The first-order valence-electron chi connectivity index (χ1n) is 9.33. The van der Waals surface area contributed by atoms with Crippen LogP contribution in [0.2, 0.25) is 0 Å². The van der Waals surface area contributed by atoms with Crippen LogP contribution in [0.25, 0.3) is 16.3 Å². The molecule has 1 fully saturated rings. The van der Waals surface area contributed by atoms with E-state index in [2.05, 4.69) is 29.0 Å². The van der Waals surface area contributed by atoms with Crippen molar-refractivity contribution < 1.29 is 0 Å². The molecule has 0 bridgehead atoms. The van der Waals surface area contributed by atoms with E-state index in [1.54, 1.807) is 23.1 Å². The van der Waals surface area contributed by atoms with Gasteiger partial charge in [-0.2, -0.15) is 0 Å². The first-order chi connectivity index (χ1) is 12.2. The molecule has 1 saturated heterocycles. The van der Waals surface area contributed by atoms with E-state index in [4.69, 9.17) is 10.7 Å². The monoisotopic (exact) mass is 374 g/mol. The Morgan fingerprint density at radius 2 is 2.12 bits per heavy atom. The Bertz CT molecular complexity index is 777. The molecule has 0 amide bonds. The number of nitrogen functional groups attached to an aromatic ring is 1. The highest BCUT2D eigenvalue weighted by Crippen LogP contribution is 2.39. The van der Waals surface area contributed by atoms with Crippen LogP contribution < -0.4 is 5.73 Å². The van der Waals surface area contributed by atoms with Gasteiger partial charge in [0.1, 0.15) is 10.6 Å². The number of thiophene rings is 1. The van der Waals surface area contributed by atoms with Crippen LogP contribution in [0, 0.1) is 5.92 Å². The molecular formula is C19H26N4S2. The SMILES string of the molecule is C[C@@H]1C=Cc2c(sc3nc(SCCCN4CCCCC4)nc(N)c23)C1. The number of hydrogen-bond donors (Lipinski definition) is 1. The predicted octanol–water partition coefficient (Wildman–Crippen LogP) is 4.45. The van der Waals surface area contributed by atoms with Crippen molar-refractivity contribution in [2.75, 3.05) is 31.1 Å². The van der Waals surface area contributed by atoms with Crippen molar-refractivity contribution in [3.05, 3.63) is 16.5 Å². The van der Waals surface area contributed by atoms with Gasteiger partial charge < -0.3 is 10.6 Å². The number of likely N-dealkylation sites (tertiary alicyclic amines) is 1. The van der Waals surface area contributed by atoms with E-state index in [0.717, 1.165) is 27.5 Å². The predicted molar refractivity (Wildman–Crippen MR) is 109 cm³/mol. The van der Waals surface area contributed by atoms with Crippen LogP contribution >= 0.6 is 23.1 Å². The second-order valence-corrected chi connectivity index (χ2v) is 9.30. The highest BCUT2D eigenvalue weighted by molar-refractivity contribution is 7.99. The fraction of sp³-hybridized carbons (Fsp3) is 0.579.